The summed E-state index contributed by atoms with van der Waals surface area (Å²) < 4.78 is 5.62. The van der Waals surface area contributed by atoms with Crippen LogP contribution in [0, 0.1) is 0 Å². The van der Waals surface area contributed by atoms with Crippen molar-refractivity contribution in [3.63, 3.8) is 0 Å². The van der Waals surface area contributed by atoms with E-state index in [4.69, 9.17) is 27.9 Å². The lowest BCUT2D eigenvalue weighted by Gasteiger charge is -2.10. The van der Waals surface area contributed by atoms with Gasteiger partial charge in [-0.05, 0) is 30.3 Å². The lowest BCUT2D eigenvalue weighted by Crippen LogP contribution is -2.11. The van der Waals surface area contributed by atoms with E-state index in [2.05, 4.69) is 15.3 Å². The Morgan fingerprint density at radius 3 is 2.50 bits per heavy atom. The van der Waals surface area contributed by atoms with Crippen LogP contribution >= 0.6 is 23.2 Å². The first-order valence-electron chi connectivity index (χ1n) is 6.90. The smallest absolute Gasteiger partial charge is 0.255 e. The second kappa shape index (κ2) is 7.29. The molecule has 5 nitrogen and oxygen atoms in total. The third-order valence-corrected chi connectivity index (χ3v) is 3.44. The van der Waals surface area contributed by atoms with Crippen LogP contribution in [0.2, 0.25) is 10.0 Å². The van der Waals surface area contributed by atoms with Gasteiger partial charge in [0.2, 0.25) is 0 Å². The summed E-state index contributed by atoms with van der Waals surface area (Å²) in [4.78, 5) is 20.0. The van der Waals surface area contributed by atoms with Gasteiger partial charge in [-0.25, -0.2) is 9.97 Å². The average molecular weight is 360 g/mol. The van der Waals surface area contributed by atoms with Gasteiger partial charge >= 0.3 is 0 Å². The van der Waals surface area contributed by atoms with Crippen molar-refractivity contribution in [3.8, 4) is 11.5 Å². The van der Waals surface area contributed by atoms with Crippen molar-refractivity contribution in [1.82, 2.24) is 9.97 Å². The maximum atomic E-state index is 12.3. The minimum Gasteiger partial charge on any atom is -0.454 e. The van der Waals surface area contributed by atoms with Gasteiger partial charge in [0.15, 0.2) is 5.75 Å². The Bertz CT molecular complexity index is 873. The first kappa shape index (κ1) is 16.2. The van der Waals surface area contributed by atoms with Crippen LogP contribution in [0.3, 0.4) is 0 Å². The number of anilines is 1. The fraction of sp³-hybridized carbons (Fsp3) is 0. The summed E-state index contributed by atoms with van der Waals surface area (Å²) in [6, 6.07) is 11.6. The SMILES string of the molecule is O=C(Nc1cc(Cl)cc(Oc2cncnc2)c1)c1cccc(Cl)c1. The zero-order chi connectivity index (χ0) is 16.9. The number of hydrogen-bond donors (Lipinski definition) is 1. The molecular formula is C17H11Cl2N3O2. The standard InChI is InChI=1S/C17H11Cl2N3O2/c18-12-3-1-2-11(4-12)17(23)22-14-5-13(19)6-15(7-14)24-16-8-20-10-21-9-16/h1-10H,(H,22,23). The van der Waals surface area contributed by atoms with Crippen molar-refractivity contribution in [3.05, 3.63) is 76.8 Å². The second-order valence-corrected chi connectivity index (χ2v) is 5.69. The predicted molar refractivity (Wildman–Crippen MR) is 93.0 cm³/mol. The van der Waals surface area contributed by atoms with E-state index in [-0.39, 0.29) is 5.91 Å². The molecule has 0 fully saturated rings. The molecule has 0 bridgehead atoms. The van der Waals surface area contributed by atoms with Gasteiger partial charge < -0.3 is 10.1 Å². The van der Waals surface area contributed by atoms with Crippen LogP contribution in [0.15, 0.2) is 61.2 Å². The number of carbonyl (C=O) groups is 1. The van der Waals surface area contributed by atoms with E-state index in [1.54, 1.807) is 42.5 Å². The summed E-state index contributed by atoms with van der Waals surface area (Å²) in [6.45, 7) is 0. The minimum atomic E-state index is -0.297. The van der Waals surface area contributed by atoms with Crippen LogP contribution in [-0.4, -0.2) is 15.9 Å². The zero-order valence-corrected chi connectivity index (χ0v) is 13.8. The molecule has 2 aromatic carbocycles. The quantitative estimate of drug-likeness (QED) is 0.724. The third-order valence-electron chi connectivity index (χ3n) is 2.99. The minimum absolute atomic E-state index is 0.297. The molecule has 1 aromatic heterocycles. The molecule has 7 heteroatoms. The Morgan fingerprint density at radius 2 is 1.75 bits per heavy atom. The number of nitrogens with zero attached hydrogens (tertiary/aromatic N) is 2. The van der Waals surface area contributed by atoms with Gasteiger partial charge in [-0.3, -0.25) is 4.79 Å². The van der Waals surface area contributed by atoms with E-state index in [0.717, 1.165) is 0 Å². The average Bonchev–Trinajstić information content (AvgIpc) is 2.55. The van der Waals surface area contributed by atoms with Crippen molar-refractivity contribution < 1.29 is 9.53 Å². The molecule has 0 aliphatic carbocycles. The predicted octanol–water partition coefficient (Wildman–Crippen LogP) is 4.83. The molecule has 1 N–H and O–H groups in total. The molecule has 0 saturated heterocycles. The number of nitrogens with one attached hydrogen (secondary N) is 1. The summed E-state index contributed by atoms with van der Waals surface area (Å²) >= 11 is 12.0. The number of carbonyl (C=O) groups excluding carboxylic acids is 1. The zero-order valence-electron chi connectivity index (χ0n) is 12.2. The van der Waals surface area contributed by atoms with Crippen LogP contribution < -0.4 is 10.1 Å². The van der Waals surface area contributed by atoms with Crippen molar-refractivity contribution in [1.29, 1.82) is 0 Å². The van der Waals surface area contributed by atoms with Crippen LogP contribution in [0.5, 0.6) is 11.5 Å². The normalized spacial score (nSPS) is 10.2. The van der Waals surface area contributed by atoms with E-state index in [1.165, 1.54) is 18.7 Å². The van der Waals surface area contributed by atoms with Gasteiger partial charge in [-0.1, -0.05) is 29.3 Å². The Kier molecular flexibility index (Phi) is 4.93. The number of ether oxygens (including phenoxy) is 1. The topological polar surface area (TPSA) is 64.1 Å². The van der Waals surface area contributed by atoms with Crippen LogP contribution in [0.4, 0.5) is 5.69 Å². The molecule has 0 unspecified atom stereocenters. The summed E-state index contributed by atoms with van der Waals surface area (Å²) in [5.41, 5.74) is 0.945. The molecule has 1 amide bonds. The number of amides is 1. The maximum Gasteiger partial charge on any atom is 0.255 e. The highest BCUT2D eigenvalue weighted by molar-refractivity contribution is 6.31. The van der Waals surface area contributed by atoms with Gasteiger partial charge in [-0.15, -0.1) is 0 Å². The fourth-order valence-corrected chi connectivity index (χ4v) is 2.42. The molecule has 3 aromatic rings. The van der Waals surface area contributed by atoms with E-state index < -0.39 is 0 Å². The van der Waals surface area contributed by atoms with Crippen LogP contribution in [0.25, 0.3) is 0 Å². The van der Waals surface area contributed by atoms with Crippen LogP contribution in [-0.2, 0) is 0 Å². The molecule has 3 rings (SSSR count). The highest BCUT2D eigenvalue weighted by atomic mass is 35.5. The Labute approximate surface area is 148 Å². The van der Waals surface area contributed by atoms with Gasteiger partial charge in [0.05, 0.1) is 12.4 Å². The first-order chi connectivity index (χ1) is 11.6. The molecule has 1 heterocycles. The molecule has 120 valence electrons. The highest BCUT2D eigenvalue weighted by Gasteiger charge is 2.09. The lowest BCUT2D eigenvalue weighted by molar-refractivity contribution is 0.102. The third kappa shape index (κ3) is 4.22. The van der Waals surface area contributed by atoms with Crippen molar-refractivity contribution in [2.24, 2.45) is 0 Å². The van der Waals surface area contributed by atoms with E-state index in [9.17, 15) is 4.79 Å². The second-order valence-electron chi connectivity index (χ2n) is 4.82. The molecule has 0 radical (unpaired) electrons. The summed E-state index contributed by atoms with van der Waals surface area (Å²) in [7, 11) is 0. The number of hydrogen-bond acceptors (Lipinski definition) is 4. The number of aromatic nitrogens is 2. The Morgan fingerprint density at radius 1 is 0.958 bits per heavy atom. The van der Waals surface area contributed by atoms with Gasteiger partial charge in [0.25, 0.3) is 5.91 Å². The largest absolute Gasteiger partial charge is 0.454 e. The van der Waals surface area contributed by atoms with Gasteiger partial charge in [0, 0.05) is 27.4 Å². The summed E-state index contributed by atoms with van der Waals surface area (Å²) in [5.74, 6) is 0.624. The molecule has 0 spiro atoms. The van der Waals surface area contributed by atoms with Crippen LogP contribution in [0.1, 0.15) is 10.4 Å². The van der Waals surface area contributed by atoms with E-state index in [1.807, 2.05) is 0 Å². The van der Waals surface area contributed by atoms with Crippen molar-refractivity contribution in [2.45, 2.75) is 0 Å². The monoisotopic (exact) mass is 359 g/mol. The maximum absolute atomic E-state index is 12.3. The van der Waals surface area contributed by atoms with Gasteiger partial charge in [-0.2, -0.15) is 0 Å². The first-order valence-corrected chi connectivity index (χ1v) is 7.66. The molecule has 0 atom stereocenters. The number of benzene rings is 2. The molecule has 0 saturated carbocycles. The molecule has 24 heavy (non-hydrogen) atoms. The Hall–Kier alpha value is -2.63. The van der Waals surface area contributed by atoms with Crippen molar-refractivity contribution >= 4 is 34.8 Å². The highest BCUT2D eigenvalue weighted by Crippen LogP contribution is 2.28. The molecule has 0 aliphatic heterocycles. The fourth-order valence-electron chi connectivity index (χ4n) is 2.00. The van der Waals surface area contributed by atoms with Crippen molar-refractivity contribution in [2.75, 3.05) is 5.32 Å². The molecular weight excluding hydrogens is 349 g/mol. The molecule has 0 aliphatic rings. The summed E-state index contributed by atoms with van der Waals surface area (Å²) in [6.07, 6.45) is 4.46. The number of halogens is 2. The van der Waals surface area contributed by atoms with Gasteiger partial charge in [0.1, 0.15) is 12.1 Å². The van der Waals surface area contributed by atoms with E-state index >= 15 is 0 Å². The Balaban J connectivity index is 1.80. The number of rotatable bonds is 4. The summed E-state index contributed by atoms with van der Waals surface area (Å²) in [5, 5.41) is 3.67. The lowest BCUT2D eigenvalue weighted by atomic mass is 10.2. The van der Waals surface area contributed by atoms with E-state index in [0.29, 0.717) is 32.8 Å².